The lowest BCUT2D eigenvalue weighted by molar-refractivity contribution is 0.627. The van der Waals surface area contributed by atoms with Crippen LogP contribution in [0, 0.1) is 5.82 Å². The fraction of sp³-hybridized carbons (Fsp3) is 0. The van der Waals surface area contributed by atoms with Gasteiger partial charge >= 0.3 is 0 Å². The second-order valence-electron chi connectivity index (χ2n) is 6.12. The SMILES string of the molecule is Fc1cccc(/C=N/Nc2cc(-c3ccccc3)nc(-c3ccccc3)n2)c1. The fourth-order valence-electron chi connectivity index (χ4n) is 2.74. The molecule has 0 bridgehead atoms. The maximum atomic E-state index is 13.3. The summed E-state index contributed by atoms with van der Waals surface area (Å²) in [4.78, 5) is 9.27. The van der Waals surface area contributed by atoms with Crippen LogP contribution in [0.5, 0.6) is 0 Å². The average molecular weight is 368 g/mol. The first-order valence-electron chi connectivity index (χ1n) is 8.82. The van der Waals surface area contributed by atoms with E-state index in [-0.39, 0.29) is 5.82 Å². The summed E-state index contributed by atoms with van der Waals surface area (Å²) in [6.45, 7) is 0. The van der Waals surface area contributed by atoms with Gasteiger partial charge in [0.15, 0.2) is 11.6 Å². The van der Waals surface area contributed by atoms with Gasteiger partial charge in [0.2, 0.25) is 0 Å². The van der Waals surface area contributed by atoms with E-state index < -0.39 is 0 Å². The Morgan fingerprint density at radius 2 is 1.46 bits per heavy atom. The Bertz CT molecular complexity index is 1040. The number of rotatable bonds is 5. The summed E-state index contributed by atoms with van der Waals surface area (Å²) in [7, 11) is 0. The van der Waals surface area contributed by atoms with Crippen molar-refractivity contribution in [3.05, 3.63) is 102 Å². The molecule has 4 aromatic rings. The molecule has 1 N–H and O–H groups in total. The van der Waals surface area contributed by atoms with E-state index in [1.165, 1.54) is 12.1 Å². The van der Waals surface area contributed by atoms with Crippen LogP contribution in [0.3, 0.4) is 0 Å². The van der Waals surface area contributed by atoms with Crippen LogP contribution in [0.1, 0.15) is 5.56 Å². The van der Waals surface area contributed by atoms with Gasteiger partial charge in [0.05, 0.1) is 11.9 Å². The van der Waals surface area contributed by atoms with Gasteiger partial charge in [-0.3, -0.25) is 5.43 Å². The number of hydrogen-bond acceptors (Lipinski definition) is 4. The molecule has 0 unspecified atom stereocenters. The molecule has 5 heteroatoms. The molecule has 0 aliphatic heterocycles. The highest BCUT2D eigenvalue weighted by molar-refractivity contribution is 5.80. The summed E-state index contributed by atoms with van der Waals surface area (Å²) in [5.74, 6) is 0.856. The third-order valence-corrected chi connectivity index (χ3v) is 4.07. The lowest BCUT2D eigenvalue weighted by Gasteiger charge is -2.08. The van der Waals surface area contributed by atoms with E-state index in [1.54, 1.807) is 18.3 Å². The molecule has 4 nitrogen and oxygen atoms in total. The normalized spacial score (nSPS) is 10.9. The second kappa shape index (κ2) is 8.22. The van der Waals surface area contributed by atoms with Crippen LogP contribution in [0.4, 0.5) is 10.2 Å². The Kier molecular flexibility index (Phi) is 5.15. The number of nitrogens with one attached hydrogen (secondary N) is 1. The molecule has 136 valence electrons. The van der Waals surface area contributed by atoms with E-state index in [4.69, 9.17) is 4.98 Å². The van der Waals surface area contributed by atoms with Gasteiger partial charge in [-0.15, -0.1) is 0 Å². The minimum Gasteiger partial charge on any atom is -0.261 e. The van der Waals surface area contributed by atoms with Gasteiger partial charge in [-0.25, -0.2) is 14.4 Å². The topological polar surface area (TPSA) is 50.2 Å². The standard InChI is InChI=1S/C23H17FN4/c24-20-13-7-8-17(14-20)16-25-28-22-15-21(18-9-3-1-4-10-18)26-23(27-22)19-11-5-2-6-12-19/h1-16H,(H,26,27,28)/b25-16+. The molecule has 3 aromatic carbocycles. The Hall–Kier alpha value is -3.86. The summed E-state index contributed by atoms with van der Waals surface area (Å²) in [6.07, 6.45) is 1.55. The van der Waals surface area contributed by atoms with Gasteiger partial charge in [-0.1, -0.05) is 72.8 Å². The predicted octanol–water partition coefficient (Wildman–Crippen LogP) is 5.40. The summed E-state index contributed by atoms with van der Waals surface area (Å²) in [5, 5.41) is 4.19. The molecule has 0 saturated carbocycles. The molecule has 4 rings (SSSR count). The lowest BCUT2D eigenvalue weighted by Crippen LogP contribution is -1.99. The zero-order valence-corrected chi connectivity index (χ0v) is 15.0. The maximum absolute atomic E-state index is 13.3. The highest BCUT2D eigenvalue weighted by Crippen LogP contribution is 2.24. The third kappa shape index (κ3) is 4.27. The molecule has 0 aliphatic rings. The smallest absolute Gasteiger partial charge is 0.162 e. The highest BCUT2D eigenvalue weighted by Gasteiger charge is 2.08. The minimum absolute atomic E-state index is 0.302. The Labute approximate surface area is 162 Å². The number of nitrogens with zero attached hydrogens (tertiary/aromatic N) is 3. The minimum atomic E-state index is -0.302. The number of hydrazone groups is 1. The molecule has 28 heavy (non-hydrogen) atoms. The molecule has 0 fully saturated rings. The largest absolute Gasteiger partial charge is 0.261 e. The van der Waals surface area contributed by atoms with Crippen molar-refractivity contribution in [3.63, 3.8) is 0 Å². The van der Waals surface area contributed by atoms with Crippen molar-refractivity contribution < 1.29 is 4.39 Å². The van der Waals surface area contributed by atoms with Crippen LogP contribution in [-0.2, 0) is 0 Å². The van der Waals surface area contributed by atoms with Crippen LogP contribution >= 0.6 is 0 Å². The molecule has 0 aliphatic carbocycles. The first kappa shape index (κ1) is 17.5. The molecule has 0 atom stereocenters. The number of aromatic nitrogens is 2. The summed E-state index contributed by atoms with van der Waals surface area (Å²) >= 11 is 0. The Morgan fingerprint density at radius 1 is 0.750 bits per heavy atom. The van der Waals surface area contributed by atoms with Crippen molar-refractivity contribution in [2.24, 2.45) is 5.10 Å². The zero-order valence-electron chi connectivity index (χ0n) is 15.0. The van der Waals surface area contributed by atoms with Crippen LogP contribution < -0.4 is 5.43 Å². The van der Waals surface area contributed by atoms with Crippen LogP contribution in [0.15, 0.2) is 96.1 Å². The monoisotopic (exact) mass is 368 g/mol. The quantitative estimate of drug-likeness (QED) is 0.379. The van der Waals surface area contributed by atoms with Gasteiger partial charge in [0.25, 0.3) is 0 Å². The van der Waals surface area contributed by atoms with Crippen molar-refractivity contribution in [1.29, 1.82) is 0 Å². The fourth-order valence-corrected chi connectivity index (χ4v) is 2.74. The van der Waals surface area contributed by atoms with Crippen molar-refractivity contribution in [2.75, 3.05) is 5.43 Å². The Balaban J connectivity index is 1.68. The van der Waals surface area contributed by atoms with Gasteiger partial charge in [-0.2, -0.15) is 5.10 Å². The van der Waals surface area contributed by atoms with E-state index in [0.717, 1.165) is 16.8 Å². The predicted molar refractivity (Wildman–Crippen MR) is 111 cm³/mol. The molecule has 0 spiro atoms. The first-order chi connectivity index (χ1) is 13.8. The summed E-state index contributed by atoms with van der Waals surface area (Å²) in [6, 6.07) is 27.7. The molecule has 0 radical (unpaired) electrons. The van der Waals surface area contributed by atoms with Gasteiger partial charge < -0.3 is 0 Å². The van der Waals surface area contributed by atoms with Crippen molar-refractivity contribution in [3.8, 4) is 22.6 Å². The van der Waals surface area contributed by atoms with Crippen molar-refractivity contribution >= 4 is 12.0 Å². The zero-order chi connectivity index (χ0) is 19.2. The molecule has 1 aromatic heterocycles. The highest BCUT2D eigenvalue weighted by atomic mass is 19.1. The van der Waals surface area contributed by atoms with E-state index in [9.17, 15) is 4.39 Å². The van der Waals surface area contributed by atoms with Crippen molar-refractivity contribution in [1.82, 2.24) is 9.97 Å². The first-order valence-corrected chi connectivity index (χ1v) is 8.82. The number of hydrogen-bond donors (Lipinski definition) is 1. The average Bonchev–Trinajstić information content (AvgIpc) is 2.75. The maximum Gasteiger partial charge on any atom is 0.162 e. The Morgan fingerprint density at radius 3 is 2.18 bits per heavy atom. The van der Waals surface area contributed by atoms with Crippen LogP contribution in [0.25, 0.3) is 22.6 Å². The second-order valence-corrected chi connectivity index (χ2v) is 6.12. The number of benzene rings is 3. The van der Waals surface area contributed by atoms with Crippen LogP contribution in [-0.4, -0.2) is 16.2 Å². The van der Waals surface area contributed by atoms with Gasteiger partial charge in [-0.05, 0) is 17.7 Å². The molecule has 1 heterocycles. The van der Waals surface area contributed by atoms with E-state index in [1.807, 2.05) is 66.7 Å². The van der Waals surface area contributed by atoms with Crippen LogP contribution in [0.2, 0.25) is 0 Å². The number of halogens is 1. The lowest BCUT2D eigenvalue weighted by atomic mass is 10.1. The summed E-state index contributed by atoms with van der Waals surface area (Å²) < 4.78 is 13.3. The van der Waals surface area contributed by atoms with E-state index in [0.29, 0.717) is 17.2 Å². The van der Waals surface area contributed by atoms with Crippen molar-refractivity contribution in [2.45, 2.75) is 0 Å². The molecule has 0 amide bonds. The number of anilines is 1. The van der Waals surface area contributed by atoms with E-state index >= 15 is 0 Å². The third-order valence-electron chi connectivity index (χ3n) is 4.07. The van der Waals surface area contributed by atoms with Gasteiger partial charge in [0.1, 0.15) is 5.82 Å². The molecular formula is C23H17FN4. The van der Waals surface area contributed by atoms with E-state index in [2.05, 4.69) is 15.5 Å². The molecular weight excluding hydrogens is 351 g/mol. The summed E-state index contributed by atoms with van der Waals surface area (Å²) in [5.41, 5.74) is 6.28. The molecule has 0 saturated heterocycles. The van der Waals surface area contributed by atoms with Gasteiger partial charge in [0, 0.05) is 17.2 Å².